The maximum absolute atomic E-state index is 14.0. The molecule has 2 aromatic rings. The molecule has 3 aliphatic rings. The van der Waals surface area contributed by atoms with Gasteiger partial charge in [-0.1, -0.05) is 17.7 Å². The molecule has 1 atom stereocenters. The van der Waals surface area contributed by atoms with Crippen LogP contribution in [0.3, 0.4) is 0 Å². The highest BCUT2D eigenvalue weighted by molar-refractivity contribution is 6.30. The van der Waals surface area contributed by atoms with E-state index in [2.05, 4.69) is 0 Å². The first-order valence-electron chi connectivity index (χ1n) is 12.4. The number of morpholine rings is 1. The lowest BCUT2D eigenvalue weighted by Gasteiger charge is -2.45. The summed E-state index contributed by atoms with van der Waals surface area (Å²) in [5.41, 5.74) is -0.00940. The predicted octanol–water partition coefficient (Wildman–Crippen LogP) is 2.68. The lowest BCUT2D eigenvalue weighted by atomic mass is 9.96. The van der Waals surface area contributed by atoms with Gasteiger partial charge in [0.05, 0.1) is 26.9 Å². The van der Waals surface area contributed by atoms with Gasteiger partial charge in [-0.15, -0.1) is 0 Å². The Morgan fingerprint density at radius 2 is 1.62 bits per heavy atom. The molecule has 10 heteroatoms. The van der Waals surface area contributed by atoms with Gasteiger partial charge >= 0.3 is 0 Å². The van der Waals surface area contributed by atoms with Gasteiger partial charge in [0, 0.05) is 55.2 Å². The molecule has 0 bridgehead atoms. The van der Waals surface area contributed by atoms with Gasteiger partial charge in [0.25, 0.3) is 11.8 Å². The number of halogens is 1. The number of nitrogens with zero attached hydrogens (tertiary/aromatic N) is 3. The third-order valence-electron chi connectivity index (χ3n) is 7.33. The maximum atomic E-state index is 14.0. The van der Waals surface area contributed by atoms with E-state index in [0.717, 1.165) is 0 Å². The minimum atomic E-state index is -0.983. The van der Waals surface area contributed by atoms with Gasteiger partial charge in [0.1, 0.15) is 17.5 Å². The van der Waals surface area contributed by atoms with Crippen LogP contribution in [0.15, 0.2) is 48.5 Å². The molecule has 9 nitrogen and oxygen atoms in total. The molecule has 3 amide bonds. The van der Waals surface area contributed by atoms with E-state index in [1.807, 2.05) is 0 Å². The van der Waals surface area contributed by atoms with Gasteiger partial charge in [0.15, 0.2) is 0 Å². The predicted molar refractivity (Wildman–Crippen MR) is 136 cm³/mol. The minimum absolute atomic E-state index is 0.101. The van der Waals surface area contributed by atoms with Gasteiger partial charge < -0.3 is 24.0 Å². The fraction of sp³-hybridized carbons (Fsp3) is 0.444. The Morgan fingerprint density at radius 3 is 2.30 bits per heavy atom. The number of hydrogen-bond acceptors (Lipinski definition) is 6. The van der Waals surface area contributed by atoms with E-state index in [1.54, 1.807) is 70.3 Å². The second-order valence-electron chi connectivity index (χ2n) is 9.42. The summed E-state index contributed by atoms with van der Waals surface area (Å²) in [5, 5.41) is 0.566. The number of amides is 3. The number of carbonyl (C=O) groups excluding carboxylic acids is 3. The van der Waals surface area contributed by atoms with Crippen molar-refractivity contribution >= 4 is 29.3 Å². The number of hydrogen-bond donors (Lipinski definition) is 0. The summed E-state index contributed by atoms with van der Waals surface area (Å²) in [6.07, 6.45) is 0.795. The largest absolute Gasteiger partial charge is 0.497 e. The zero-order chi connectivity index (χ0) is 26.0. The second-order valence-corrected chi connectivity index (χ2v) is 9.85. The molecule has 0 N–H and O–H groups in total. The number of piperidine rings is 1. The van der Waals surface area contributed by atoms with E-state index in [1.165, 1.54) is 0 Å². The van der Waals surface area contributed by atoms with Crippen molar-refractivity contribution in [2.45, 2.75) is 24.6 Å². The fourth-order valence-electron chi connectivity index (χ4n) is 5.28. The van der Waals surface area contributed by atoms with E-state index < -0.39 is 11.8 Å². The first kappa shape index (κ1) is 25.5. The summed E-state index contributed by atoms with van der Waals surface area (Å²) >= 11 is 5.97. The smallest absolute Gasteiger partial charge is 0.257 e. The average Bonchev–Trinajstić information content (AvgIpc) is 3.31. The summed E-state index contributed by atoms with van der Waals surface area (Å²) < 4.78 is 17.0. The van der Waals surface area contributed by atoms with E-state index in [4.69, 9.17) is 25.8 Å². The quantitative estimate of drug-likeness (QED) is 0.607. The standard InChI is InChI=1S/C27H30ClN3O6/c1-35-22-4-2-3-20(17-22)25(33)31-23(26(34)30-13-15-36-16-14-30)18-37-27(31)9-11-29(12-10-27)24(32)19-5-7-21(28)8-6-19/h2-8,17,23H,9-16,18H2,1H3. The lowest BCUT2D eigenvalue weighted by Crippen LogP contribution is -2.60. The average molecular weight is 528 g/mol. The van der Waals surface area contributed by atoms with Crippen LogP contribution in [0.25, 0.3) is 0 Å². The fourth-order valence-corrected chi connectivity index (χ4v) is 5.41. The number of carbonyl (C=O) groups is 3. The van der Waals surface area contributed by atoms with Crippen LogP contribution in [0.5, 0.6) is 5.75 Å². The van der Waals surface area contributed by atoms with Crippen LogP contribution in [0.2, 0.25) is 5.02 Å². The molecule has 196 valence electrons. The Morgan fingerprint density at radius 1 is 0.919 bits per heavy atom. The molecule has 0 aliphatic carbocycles. The zero-order valence-electron chi connectivity index (χ0n) is 20.7. The maximum Gasteiger partial charge on any atom is 0.257 e. The van der Waals surface area contributed by atoms with E-state index in [0.29, 0.717) is 74.1 Å². The van der Waals surface area contributed by atoms with E-state index in [9.17, 15) is 14.4 Å². The number of likely N-dealkylation sites (tertiary alicyclic amines) is 1. The monoisotopic (exact) mass is 527 g/mol. The molecule has 37 heavy (non-hydrogen) atoms. The molecule has 3 saturated heterocycles. The van der Waals surface area contributed by atoms with Crippen molar-refractivity contribution in [2.75, 3.05) is 53.1 Å². The molecule has 0 aromatic heterocycles. The number of ether oxygens (including phenoxy) is 3. The normalized spacial score (nSPS) is 21.2. The second kappa shape index (κ2) is 10.7. The summed E-state index contributed by atoms with van der Waals surface area (Å²) in [5.74, 6) is 0.0205. The molecule has 2 aromatic carbocycles. The van der Waals surface area contributed by atoms with Crippen LogP contribution in [0, 0.1) is 0 Å². The Kier molecular flexibility index (Phi) is 7.37. The zero-order valence-corrected chi connectivity index (χ0v) is 21.5. The highest BCUT2D eigenvalue weighted by atomic mass is 35.5. The van der Waals surface area contributed by atoms with Crippen molar-refractivity contribution in [3.8, 4) is 5.75 Å². The molecular weight excluding hydrogens is 498 g/mol. The summed E-state index contributed by atoms with van der Waals surface area (Å²) in [6, 6.07) is 12.9. The molecule has 0 saturated carbocycles. The summed E-state index contributed by atoms with van der Waals surface area (Å²) in [7, 11) is 1.54. The van der Waals surface area contributed by atoms with Gasteiger partial charge in [-0.25, -0.2) is 0 Å². The molecule has 5 rings (SSSR count). The lowest BCUT2D eigenvalue weighted by molar-refractivity contribution is -0.141. The molecule has 1 spiro atoms. The SMILES string of the molecule is COc1cccc(C(=O)N2C(C(=O)N3CCOCC3)COC23CCN(C(=O)c2ccc(Cl)cc2)CC3)c1. The van der Waals surface area contributed by atoms with E-state index in [-0.39, 0.29) is 24.3 Å². The van der Waals surface area contributed by atoms with E-state index >= 15 is 0 Å². The first-order chi connectivity index (χ1) is 17.9. The Balaban J connectivity index is 1.40. The first-order valence-corrected chi connectivity index (χ1v) is 12.8. The van der Waals surface area contributed by atoms with Crippen LogP contribution in [0.1, 0.15) is 33.6 Å². The number of benzene rings is 2. The van der Waals surface area contributed by atoms with Crippen LogP contribution in [-0.2, 0) is 14.3 Å². The van der Waals surface area contributed by atoms with Crippen LogP contribution in [-0.4, -0.2) is 97.3 Å². The third kappa shape index (κ3) is 5.03. The van der Waals surface area contributed by atoms with Crippen molar-refractivity contribution in [1.82, 2.24) is 14.7 Å². The van der Waals surface area contributed by atoms with Crippen molar-refractivity contribution in [1.29, 1.82) is 0 Å². The van der Waals surface area contributed by atoms with Crippen LogP contribution >= 0.6 is 11.6 Å². The van der Waals surface area contributed by atoms with Gasteiger partial charge in [-0.05, 0) is 42.5 Å². The summed E-state index contributed by atoms with van der Waals surface area (Å²) in [4.78, 5) is 45.7. The Hall–Kier alpha value is -3.14. The molecule has 3 fully saturated rings. The Bertz CT molecular complexity index is 1160. The van der Waals surface area contributed by atoms with Crippen LogP contribution in [0.4, 0.5) is 0 Å². The molecule has 3 aliphatic heterocycles. The van der Waals surface area contributed by atoms with Crippen LogP contribution < -0.4 is 4.74 Å². The minimum Gasteiger partial charge on any atom is -0.497 e. The molecule has 0 radical (unpaired) electrons. The van der Waals surface area contributed by atoms with Gasteiger partial charge in [-0.2, -0.15) is 0 Å². The topological polar surface area (TPSA) is 88.6 Å². The molecular formula is C27H30ClN3O6. The van der Waals surface area contributed by atoms with Crippen molar-refractivity contribution < 1.29 is 28.6 Å². The van der Waals surface area contributed by atoms with Gasteiger partial charge in [0.2, 0.25) is 5.91 Å². The van der Waals surface area contributed by atoms with Crippen molar-refractivity contribution in [3.63, 3.8) is 0 Å². The highest BCUT2D eigenvalue weighted by Crippen LogP contribution is 2.39. The molecule has 3 heterocycles. The van der Waals surface area contributed by atoms with Gasteiger partial charge in [-0.3, -0.25) is 19.3 Å². The third-order valence-corrected chi connectivity index (χ3v) is 7.58. The number of rotatable bonds is 4. The molecule has 1 unspecified atom stereocenters. The number of methoxy groups -OCH3 is 1. The van der Waals surface area contributed by atoms with Crippen molar-refractivity contribution in [2.24, 2.45) is 0 Å². The van der Waals surface area contributed by atoms with Crippen molar-refractivity contribution in [3.05, 3.63) is 64.7 Å². The highest BCUT2D eigenvalue weighted by Gasteiger charge is 2.55. The Labute approximate surface area is 220 Å². The summed E-state index contributed by atoms with van der Waals surface area (Å²) in [6.45, 7) is 2.78.